The van der Waals surface area contributed by atoms with Gasteiger partial charge in [-0.3, -0.25) is 29.4 Å². The number of non-ortho nitro benzene ring substituents is 1. The van der Waals surface area contributed by atoms with E-state index in [4.69, 9.17) is 4.74 Å². The minimum atomic E-state index is -0.568. The number of benzene rings is 3. The minimum Gasteiger partial charge on any atom is -0.488 e. The SMILES string of the molecule is O=C(CN1C(=O)S/C(=C\c2ccccc2OCc2ccc([N+](=O)[O-])cc2)C1=O)Nc1ccc(Br)cc1. The number of imide groups is 1. The molecule has 3 amide bonds. The summed E-state index contributed by atoms with van der Waals surface area (Å²) in [4.78, 5) is 49.1. The molecule has 0 aromatic heterocycles. The second kappa shape index (κ2) is 11.2. The van der Waals surface area contributed by atoms with Crippen LogP contribution in [0.5, 0.6) is 5.75 Å². The van der Waals surface area contributed by atoms with Gasteiger partial charge in [-0.2, -0.15) is 0 Å². The molecule has 3 aromatic carbocycles. The maximum atomic E-state index is 12.9. The molecular weight excluding hydrogens is 550 g/mol. The van der Waals surface area contributed by atoms with Crippen LogP contribution in [-0.2, 0) is 16.2 Å². The number of rotatable bonds is 8. The second-order valence-electron chi connectivity index (χ2n) is 7.57. The molecule has 0 spiro atoms. The molecule has 36 heavy (non-hydrogen) atoms. The van der Waals surface area contributed by atoms with Gasteiger partial charge in [-0.15, -0.1) is 0 Å². The molecule has 1 aliphatic heterocycles. The molecule has 0 saturated carbocycles. The van der Waals surface area contributed by atoms with Gasteiger partial charge in [0.25, 0.3) is 16.8 Å². The molecule has 0 atom stereocenters. The summed E-state index contributed by atoms with van der Waals surface area (Å²) in [5.41, 5.74) is 1.84. The fraction of sp³-hybridized carbons (Fsp3) is 0.0800. The van der Waals surface area contributed by atoms with Crippen LogP contribution in [0, 0.1) is 10.1 Å². The molecule has 9 nitrogen and oxygen atoms in total. The molecule has 3 aromatic rings. The van der Waals surface area contributed by atoms with Crippen LogP contribution in [0.3, 0.4) is 0 Å². The number of ether oxygens (including phenoxy) is 1. The average molecular weight is 568 g/mol. The lowest BCUT2D eigenvalue weighted by Crippen LogP contribution is -2.36. The average Bonchev–Trinajstić information content (AvgIpc) is 3.12. The Labute approximate surface area is 218 Å². The Hall–Kier alpha value is -3.96. The number of hydrogen-bond donors (Lipinski definition) is 1. The molecule has 0 radical (unpaired) electrons. The largest absolute Gasteiger partial charge is 0.488 e. The van der Waals surface area contributed by atoms with Crippen LogP contribution in [-0.4, -0.2) is 33.4 Å². The van der Waals surface area contributed by atoms with Crippen molar-refractivity contribution in [1.82, 2.24) is 4.90 Å². The monoisotopic (exact) mass is 567 g/mol. The van der Waals surface area contributed by atoms with Crippen molar-refractivity contribution in [2.45, 2.75) is 6.61 Å². The first kappa shape index (κ1) is 25.1. The zero-order chi connectivity index (χ0) is 25.7. The number of nitro groups is 1. The minimum absolute atomic E-state index is 0.0135. The van der Waals surface area contributed by atoms with E-state index in [-0.39, 0.29) is 17.2 Å². The zero-order valence-electron chi connectivity index (χ0n) is 18.5. The first-order valence-corrected chi connectivity index (χ1v) is 12.2. The highest BCUT2D eigenvalue weighted by Crippen LogP contribution is 2.34. The topological polar surface area (TPSA) is 119 Å². The predicted octanol–water partition coefficient (Wildman–Crippen LogP) is 5.61. The highest BCUT2D eigenvalue weighted by Gasteiger charge is 2.36. The molecule has 1 heterocycles. The predicted molar refractivity (Wildman–Crippen MR) is 139 cm³/mol. The van der Waals surface area contributed by atoms with Crippen molar-refractivity contribution >= 4 is 62.2 Å². The molecule has 0 aliphatic carbocycles. The zero-order valence-corrected chi connectivity index (χ0v) is 21.0. The number of halogens is 1. The third-order valence-corrected chi connectivity index (χ3v) is 6.49. The van der Waals surface area contributed by atoms with E-state index in [1.54, 1.807) is 66.7 Å². The molecule has 1 aliphatic rings. The number of nitro benzene ring substituents is 1. The van der Waals surface area contributed by atoms with Gasteiger partial charge in [0, 0.05) is 27.9 Å². The molecule has 1 N–H and O–H groups in total. The van der Waals surface area contributed by atoms with Crippen LogP contribution in [0.25, 0.3) is 6.08 Å². The van der Waals surface area contributed by atoms with E-state index < -0.39 is 28.5 Å². The van der Waals surface area contributed by atoms with Gasteiger partial charge in [-0.1, -0.05) is 34.1 Å². The lowest BCUT2D eigenvalue weighted by molar-refractivity contribution is -0.384. The Kier molecular flexibility index (Phi) is 7.81. The number of nitrogens with zero attached hydrogens (tertiary/aromatic N) is 2. The van der Waals surface area contributed by atoms with Crippen molar-refractivity contribution in [1.29, 1.82) is 0 Å². The van der Waals surface area contributed by atoms with Crippen LogP contribution >= 0.6 is 27.7 Å². The number of hydrogen-bond acceptors (Lipinski definition) is 7. The second-order valence-corrected chi connectivity index (χ2v) is 9.48. The van der Waals surface area contributed by atoms with Crippen LogP contribution < -0.4 is 10.1 Å². The summed E-state index contributed by atoms with van der Waals surface area (Å²) in [5, 5.41) is 12.9. The van der Waals surface area contributed by atoms with E-state index in [0.29, 0.717) is 17.0 Å². The van der Waals surface area contributed by atoms with Crippen molar-refractivity contribution in [3.05, 3.63) is 103 Å². The van der Waals surface area contributed by atoms with Crippen molar-refractivity contribution in [2.24, 2.45) is 0 Å². The smallest absolute Gasteiger partial charge is 0.294 e. The lowest BCUT2D eigenvalue weighted by Gasteiger charge is -2.12. The van der Waals surface area contributed by atoms with Crippen molar-refractivity contribution in [3.8, 4) is 5.75 Å². The fourth-order valence-electron chi connectivity index (χ4n) is 3.26. The fourth-order valence-corrected chi connectivity index (χ4v) is 4.35. The summed E-state index contributed by atoms with van der Waals surface area (Å²) in [5.74, 6) is -0.593. The van der Waals surface area contributed by atoms with Crippen LogP contribution in [0.1, 0.15) is 11.1 Å². The number of para-hydroxylation sites is 1. The summed E-state index contributed by atoms with van der Waals surface area (Å²) < 4.78 is 6.72. The number of carbonyl (C=O) groups excluding carboxylic acids is 3. The van der Waals surface area contributed by atoms with E-state index in [2.05, 4.69) is 21.2 Å². The Morgan fingerprint density at radius 2 is 1.75 bits per heavy atom. The summed E-state index contributed by atoms with van der Waals surface area (Å²) in [7, 11) is 0. The Bertz CT molecular complexity index is 1360. The summed E-state index contributed by atoms with van der Waals surface area (Å²) >= 11 is 4.06. The summed E-state index contributed by atoms with van der Waals surface area (Å²) in [6.07, 6.45) is 1.54. The molecule has 1 saturated heterocycles. The number of thioether (sulfide) groups is 1. The number of amides is 3. The molecule has 0 unspecified atom stereocenters. The highest BCUT2D eigenvalue weighted by atomic mass is 79.9. The number of nitrogens with one attached hydrogen (secondary N) is 1. The van der Waals surface area contributed by atoms with Gasteiger partial charge in [-0.25, -0.2) is 0 Å². The third-order valence-electron chi connectivity index (χ3n) is 5.05. The van der Waals surface area contributed by atoms with Gasteiger partial charge in [0.1, 0.15) is 18.9 Å². The first-order chi connectivity index (χ1) is 17.3. The maximum absolute atomic E-state index is 12.9. The van der Waals surface area contributed by atoms with Crippen LogP contribution in [0.4, 0.5) is 16.2 Å². The van der Waals surface area contributed by atoms with E-state index in [1.807, 2.05) is 0 Å². The maximum Gasteiger partial charge on any atom is 0.294 e. The standard InChI is InChI=1S/C25H18BrN3O6S/c26-18-7-9-19(10-8-18)27-23(30)14-28-24(31)22(36-25(28)32)13-17-3-1-2-4-21(17)35-15-16-5-11-20(12-6-16)29(33)34/h1-13H,14-15H2,(H,27,30)/b22-13-. The number of anilines is 1. The molecule has 1 fully saturated rings. The number of carbonyl (C=O) groups is 3. The van der Waals surface area contributed by atoms with E-state index in [1.165, 1.54) is 12.1 Å². The Morgan fingerprint density at radius 3 is 2.44 bits per heavy atom. The first-order valence-electron chi connectivity index (χ1n) is 10.6. The van der Waals surface area contributed by atoms with Crippen LogP contribution in [0.2, 0.25) is 0 Å². The van der Waals surface area contributed by atoms with Gasteiger partial charge in [0.05, 0.1) is 9.83 Å². The van der Waals surface area contributed by atoms with Gasteiger partial charge >= 0.3 is 0 Å². The van der Waals surface area contributed by atoms with Gasteiger partial charge in [-0.05, 0) is 65.9 Å². The molecule has 4 rings (SSSR count). The highest BCUT2D eigenvalue weighted by molar-refractivity contribution is 9.10. The lowest BCUT2D eigenvalue weighted by atomic mass is 10.1. The van der Waals surface area contributed by atoms with Crippen LogP contribution in [0.15, 0.2) is 82.2 Å². The normalized spacial score (nSPS) is 14.2. The van der Waals surface area contributed by atoms with E-state index in [9.17, 15) is 24.5 Å². The summed E-state index contributed by atoms with van der Waals surface area (Å²) in [6.45, 7) is -0.253. The molecule has 0 bridgehead atoms. The van der Waals surface area contributed by atoms with Gasteiger partial charge in [0.15, 0.2) is 0 Å². The van der Waals surface area contributed by atoms with Gasteiger partial charge < -0.3 is 10.1 Å². The molecular formula is C25H18BrN3O6S. The third kappa shape index (κ3) is 6.18. The Balaban J connectivity index is 1.43. The quantitative estimate of drug-likeness (QED) is 0.213. The summed E-state index contributed by atoms with van der Waals surface area (Å²) in [6, 6.07) is 19.9. The Morgan fingerprint density at radius 1 is 1.06 bits per heavy atom. The van der Waals surface area contributed by atoms with E-state index >= 15 is 0 Å². The van der Waals surface area contributed by atoms with Crippen molar-refractivity contribution in [3.63, 3.8) is 0 Å². The van der Waals surface area contributed by atoms with E-state index in [0.717, 1.165) is 26.7 Å². The van der Waals surface area contributed by atoms with Crippen molar-refractivity contribution in [2.75, 3.05) is 11.9 Å². The molecule has 11 heteroatoms. The molecule has 182 valence electrons. The van der Waals surface area contributed by atoms with Gasteiger partial charge in [0.2, 0.25) is 5.91 Å². The van der Waals surface area contributed by atoms with Crippen molar-refractivity contribution < 1.29 is 24.0 Å².